The summed E-state index contributed by atoms with van der Waals surface area (Å²) in [5.41, 5.74) is 4.79. The van der Waals surface area contributed by atoms with Gasteiger partial charge in [-0.15, -0.1) is 0 Å². The molecule has 0 amide bonds. The van der Waals surface area contributed by atoms with Gasteiger partial charge < -0.3 is 14.6 Å². The molecule has 0 radical (unpaired) electrons. The number of rotatable bonds is 3. The van der Waals surface area contributed by atoms with E-state index in [0.717, 1.165) is 35.6 Å². The first-order valence-corrected chi connectivity index (χ1v) is 8.92. The molecule has 25 heavy (non-hydrogen) atoms. The summed E-state index contributed by atoms with van der Waals surface area (Å²) in [5.74, 6) is 2.01. The Morgan fingerprint density at radius 2 is 1.72 bits per heavy atom. The lowest BCUT2D eigenvalue weighted by Gasteiger charge is -2.14. The van der Waals surface area contributed by atoms with Crippen molar-refractivity contribution in [1.29, 1.82) is 0 Å². The Labute approximate surface area is 149 Å². The smallest absolute Gasteiger partial charge is 0.519 e. The van der Waals surface area contributed by atoms with Gasteiger partial charge in [0.15, 0.2) is 0 Å². The van der Waals surface area contributed by atoms with Crippen LogP contribution >= 0.6 is 0 Å². The third-order valence-electron chi connectivity index (χ3n) is 4.68. The quantitative estimate of drug-likeness (QED) is 0.853. The van der Waals surface area contributed by atoms with Crippen LogP contribution in [0.4, 0.5) is 0 Å². The van der Waals surface area contributed by atoms with Crippen LogP contribution in [0.5, 0.6) is 11.5 Å². The molecule has 1 unspecified atom stereocenters. The van der Waals surface area contributed by atoms with Crippen LogP contribution in [-0.4, -0.2) is 13.7 Å². The van der Waals surface area contributed by atoms with Gasteiger partial charge in [-0.05, 0) is 36.1 Å². The zero-order valence-electron chi connectivity index (χ0n) is 14.7. The lowest BCUT2D eigenvalue weighted by atomic mass is 9.76. The molecule has 0 aliphatic carbocycles. The number of allylic oxidation sites excluding steroid dienone is 2. The summed E-state index contributed by atoms with van der Waals surface area (Å²) in [5, 5.41) is 3.59. The first-order chi connectivity index (χ1) is 12.2. The second kappa shape index (κ2) is 6.71. The van der Waals surface area contributed by atoms with Crippen molar-refractivity contribution in [2.75, 3.05) is 6.54 Å². The van der Waals surface area contributed by atoms with E-state index in [0.29, 0.717) is 5.92 Å². The van der Waals surface area contributed by atoms with Crippen molar-refractivity contribution in [1.82, 2.24) is 5.32 Å². The number of para-hydroxylation sites is 2. The van der Waals surface area contributed by atoms with Crippen LogP contribution in [0.15, 0.2) is 66.2 Å². The van der Waals surface area contributed by atoms with Crippen LogP contribution < -0.4 is 14.6 Å². The minimum Gasteiger partial charge on any atom is -0.519 e. The average molecular weight is 331 g/mol. The fourth-order valence-corrected chi connectivity index (χ4v) is 3.37. The first-order valence-electron chi connectivity index (χ1n) is 8.92. The average Bonchev–Trinajstić information content (AvgIpc) is 2.98. The number of benzene rings is 2. The highest BCUT2D eigenvalue weighted by molar-refractivity contribution is 6.57. The number of fused-ring (bicyclic) bond motifs is 1. The molecule has 0 saturated carbocycles. The largest absolute Gasteiger partial charge is 0.632 e. The standard InChI is InChI=1S/C21H22BNO2/c1-3-16-8-4-5-9-18(16)19-13-17(12-15(2)14-23-19)22-24-20-10-6-7-11-21(20)25-22/h4-13,15,23H,3,14H2,1-2H3. The highest BCUT2D eigenvalue weighted by atomic mass is 16.6. The Morgan fingerprint density at radius 3 is 2.44 bits per heavy atom. The van der Waals surface area contributed by atoms with Gasteiger partial charge in [0.25, 0.3) is 0 Å². The molecule has 1 N–H and O–H groups in total. The van der Waals surface area contributed by atoms with Gasteiger partial charge in [-0.25, -0.2) is 0 Å². The maximum atomic E-state index is 6.03. The van der Waals surface area contributed by atoms with Crippen LogP contribution in [0, 0.1) is 5.92 Å². The van der Waals surface area contributed by atoms with Gasteiger partial charge in [0.2, 0.25) is 0 Å². The minimum atomic E-state index is -0.386. The summed E-state index contributed by atoms with van der Waals surface area (Å²) in [6.07, 6.45) is 5.42. The van der Waals surface area contributed by atoms with Crippen LogP contribution in [-0.2, 0) is 6.42 Å². The zero-order valence-corrected chi connectivity index (χ0v) is 14.7. The second-order valence-corrected chi connectivity index (χ2v) is 6.61. The number of hydrogen-bond acceptors (Lipinski definition) is 3. The molecule has 0 aromatic heterocycles. The van der Waals surface area contributed by atoms with Crippen molar-refractivity contribution >= 4 is 12.8 Å². The predicted molar refractivity (Wildman–Crippen MR) is 102 cm³/mol. The summed E-state index contributed by atoms with van der Waals surface area (Å²) >= 11 is 0. The Morgan fingerprint density at radius 1 is 1.04 bits per heavy atom. The Balaban J connectivity index is 1.68. The van der Waals surface area contributed by atoms with Crippen LogP contribution in [0.2, 0.25) is 0 Å². The third kappa shape index (κ3) is 3.17. The fraction of sp³-hybridized carbons (Fsp3) is 0.238. The number of nitrogens with one attached hydrogen (secondary N) is 1. The minimum absolute atomic E-state index is 0.386. The van der Waals surface area contributed by atoms with E-state index in [9.17, 15) is 0 Å². The van der Waals surface area contributed by atoms with E-state index in [1.807, 2.05) is 24.3 Å². The Kier molecular flexibility index (Phi) is 4.27. The third-order valence-corrected chi connectivity index (χ3v) is 4.68. The monoisotopic (exact) mass is 331 g/mol. The molecule has 0 bridgehead atoms. The van der Waals surface area contributed by atoms with E-state index in [1.54, 1.807) is 0 Å². The van der Waals surface area contributed by atoms with Gasteiger partial charge in [0.05, 0.1) is 0 Å². The van der Waals surface area contributed by atoms with E-state index in [-0.39, 0.29) is 7.12 Å². The molecule has 0 spiro atoms. The van der Waals surface area contributed by atoms with Crippen molar-refractivity contribution < 1.29 is 9.31 Å². The fourth-order valence-electron chi connectivity index (χ4n) is 3.37. The van der Waals surface area contributed by atoms with Crippen LogP contribution in [0.1, 0.15) is 25.0 Å². The highest BCUT2D eigenvalue weighted by Crippen LogP contribution is 2.35. The molecule has 2 heterocycles. The van der Waals surface area contributed by atoms with Gasteiger partial charge >= 0.3 is 7.12 Å². The van der Waals surface area contributed by atoms with Crippen molar-refractivity contribution in [2.24, 2.45) is 5.92 Å². The lowest BCUT2D eigenvalue weighted by molar-refractivity contribution is 0.512. The predicted octanol–water partition coefficient (Wildman–Crippen LogP) is 4.25. The van der Waals surface area contributed by atoms with Gasteiger partial charge in [0.1, 0.15) is 11.5 Å². The molecule has 0 fully saturated rings. The summed E-state index contributed by atoms with van der Waals surface area (Å²) in [7, 11) is -0.386. The molecule has 2 aromatic carbocycles. The number of aryl methyl sites for hydroxylation is 1. The molecule has 0 saturated heterocycles. The van der Waals surface area contributed by atoms with E-state index in [2.05, 4.69) is 55.6 Å². The molecule has 2 aromatic rings. The maximum Gasteiger partial charge on any atom is 0.632 e. The normalized spacial score (nSPS) is 19.0. The molecule has 4 heteroatoms. The Bertz CT molecular complexity index is 818. The second-order valence-electron chi connectivity index (χ2n) is 6.61. The van der Waals surface area contributed by atoms with E-state index >= 15 is 0 Å². The van der Waals surface area contributed by atoms with E-state index in [4.69, 9.17) is 9.31 Å². The first kappa shape index (κ1) is 15.9. The maximum absolute atomic E-state index is 6.03. The molecule has 1 atom stereocenters. The van der Waals surface area contributed by atoms with Crippen molar-refractivity contribution in [3.63, 3.8) is 0 Å². The summed E-state index contributed by atoms with van der Waals surface area (Å²) < 4.78 is 12.1. The summed E-state index contributed by atoms with van der Waals surface area (Å²) in [4.78, 5) is 0. The zero-order chi connectivity index (χ0) is 17.2. The molecule has 2 aliphatic heterocycles. The van der Waals surface area contributed by atoms with Crippen LogP contribution in [0.3, 0.4) is 0 Å². The van der Waals surface area contributed by atoms with Crippen molar-refractivity contribution in [3.8, 4) is 11.5 Å². The van der Waals surface area contributed by atoms with Crippen LogP contribution in [0.25, 0.3) is 5.70 Å². The SMILES string of the molecule is CCc1ccccc1C1=CC(B2Oc3ccccc3O2)=CC(C)CN1. The van der Waals surface area contributed by atoms with E-state index < -0.39 is 0 Å². The Hall–Kier alpha value is -2.62. The summed E-state index contributed by atoms with van der Waals surface area (Å²) in [6.45, 7) is 5.29. The highest BCUT2D eigenvalue weighted by Gasteiger charge is 2.36. The molecule has 2 aliphatic rings. The van der Waals surface area contributed by atoms with E-state index in [1.165, 1.54) is 11.1 Å². The molecule has 4 rings (SSSR count). The lowest BCUT2D eigenvalue weighted by Crippen LogP contribution is -2.27. The van der Waals surface area contributed by atoms with Gasteiger partial charge in [-0.2, -0.15) is 0 Å². The summed E-state index contributed by atoms with van der Waals surface area (Å²) in [6, 6.07) is 16.4. The molecule has 3 nitrogen and oxygen atoms in total. The molecular weight excluding hydrogens is 309 g/mol. The van der Waals surface area contributed by atoms with Gasteiger partial charge in [0, 0.05) is 23.3 Å². The topological polar surface area (TPSA) is 30.5 Å². The molecule has 126 valence electrons. The van der Waals surface area contributed by atoms with Gasteiger partial charge in [-0.1, -0.05) is 56.3 Å². The van der Waals surface area contributed by atoms with Gasteiger partial charge in [-0.3, -0.25) is 0 Å². The number of hydrogen-bond donors (Lipinski definition) is 1. The van der Waals surface area contributed by atoms with Crippen molar-refractivity contribution in [2.45, 2.75) is 20.3 Å². The van der Waals surface area contributed by atoms with Crippen molar-refractivity contribution in [3.05, 3.63) is 77.3 Å². The molecular formula is C21H22BNO2.